The summed E-state index contributed by atoms with van der Waals surface area (Å²) < 4.78 is 5.90. The molecule has 1 aliphatic rings. The first-order valence-electron chi connectivity index (χ1n) is 8.06. The summed E-state index contributed by atoms with van der Waals surface area (Å²) >= 11 is 5.46. The van der Waals surface area contributed by atoms with Crippen LogP contribution >= 0.6 is 12.2 Å². The van der Waals surface area contributed by atoms with E-state index in [1.807, 2.05) is 24.4 Å². The van der Waals surface area contributed by atoms with Crippen molar-refractivity contribution in [3.8, 4) is 22.9 Å². The SMILES string of the molecule is COc1ccc2[nH]cc(-c3c4c([nH]c(=S)c3C#N)CCCC4)c2c1. The van der Waals surface area contributed by atoms with Crippen LogP contribution < -0.4 is 4.74 Å². The van der Waals surface area contributed by atoms with E-state index < -0.39 is 0 Å². The van der Waals surface area contributed by atoms with E-state index in [4.69, 9.17) is 17.0 Å². The topological polar surface area (TPSA) is 64.6 Å². The van der Waals surface area contributed by atoms with Gasteiger partial charge in [0.05, 0.1) is 12.7 Å². The second-order valence-corrected chi connectivity index (χ2v) is 6.50. The van der Waals surface area contributed by atoms with E-state index in [0.717, 1.165) is 53.5 Å². The molecule has 0 atom stereocenters. The lowest BCUT2D eigenvalue weighted by molar-refractivity contribution is 0.415. The van der Waals surface area contributed by atoms with E-state index >= 15 is 0 Å². The van der Waals surface area contributed by atoms with E-state index in [1.165, 1.54) is 11.3 Å². The van der Waals surface area contributed by atoms with Crippen LogP contribution in [0.5, 0.6) is 5.75 Å². The average molecular weight is 335 g/mol. The molecule has 1 aromatic carbocycles. The molecule has 4 nitrogen and oxygen atoms in total. The fourth-order valence-corrected chi connectivity index (χ4v) is 3.89. The number of benzene rings is 1. The smallest absolute Gasteiger partial charge is 0.122 e. The Labute approximate surface area is 145 Å². The third kappa shape index (κ3) is 2.22. The number of pyridine rings is 1. The average Bonchev–Trinajstić information content (AvgIpc) is 3.03. The zero-order valence-corrected chi connectivity index (χ0v) is 14.2. The van der Waals surface area contributed by atoms with E-state index in [2.05, 4.69) is 16.0 Å². The first-order valence-corrected chi connectivity index (χ1v) is 8.47. The van der Waals surface area contributed by atoms with Gasteiger partial charge in [0.1, 0.15) is 16.5 Å². The van der Waals surface area contributed by atoms with Crippen molar-refractivity contribution in [3.05, 3.63) is 45.9 Å². The number of methoxy groups -OCH3 is 1. The fraction of sp³-hybridized carbons (Fsp3) is 0.263. The molecule has 0 saturated carbocycles. The maximum Gasteiger partial charge on any atom is 0.122 e. The summed E-state index contributed by atoms with van der Waals surface area (Å²) in [6.45, 7) is 0. The third-order valence-corrected chi connectivity index (χ3v) is 5.09. The lowest BCUT2D eigenvalue weighted by Crippen LogP contribution is -2.09. The number of ether oxygens (including phenoxy) is 1. The van der Waals surface area contributed by atoms with Crippen LogP contribution in [0.1, 0.15) is 29.7 Å². The van der Waals surface area contributed by atoms with Gasteiger partial charge in [0.2, 0.25) is 0 Å². The number of rotatable bonds is 2. The number of nitrogens with one attached hydrogen (secondary N) is 2. The highest BCUT2D eigenvalue weighted by molar-refractivity contribution is 7.71. The molecule has 24 heavy (non-hydrogen) atoms. The summed E-state index contributed by atoms with van der Waals surface area (Å²) in [5, 5.41) is 10.8. The Kier molecular flexibility index (Phi) is 3.62. The molecule has 0 aliphatic heterocycles. The van der Waals surface area contributed by atoms with Crippen LogP contribution in [0.3, 0.4) is 0 Å². The van der Waals surface area contributed by atoms with E-state index in [0.29, 0.717) is 10.2 Å². The number of hydrogen-bond acceptors (Lipinski definition) is 3. The Morgan fingerprint density at radius 1 is 1.25 bits per heavy atom. The molecule has 2 heterocycles. The normalized spacial score (nSPS) is 13.5. The second-order valence-electron chi connectivity index (χ2n) is 6.09. The van der Waals surface area contributed by atoms with E-state index in [9.17, 15) is 5.26 Å². The lowest BCUT2D eigenvalue weighted by Gasteiger charge is -2.20. The van der Waals surface area contributed by atoms with Crippen LogP contribution in [0.15, 0.2) is 24.4 Å². The van der Waals surface area contributed by atoms with Crippen molar-refractivity contribution in [1.29, 1.82) is 5.26 Å². The number of fused-ring (bicyclic) bond motifs is 2. The van der Waals surface area contributed by atoms with Gasteiger partial charge in [-0.05, 0) is 49.4 Å². The van der Waals surface area contributed by atoms with Crippen molar-refractivity contribution in [1.82, 2.24) is 9.97 Å². The summed E-state index contributed by atoms with van der Waals surface area (Å²) in [6, 6.07) is 8.26. The van der Waals surface area contributed by atoms with Gasteiger partial charge in [0, 0.05) is 33.9 Å². The molecule has 0 unspecified atom stereocenters. The number of H-pyrrole nitrogens is 2. The Bertz CT molecular complexity index is 1040. The standard InChI is InChI=1S/C19H17N3OS/c1-23-11-6-7-16-13(8-11)15(10-21-16)18-12-4-2-3-5-17(12)22-19(24)14(18)9-20/h6-8,10,21H,2-5H2,1H3,(H,22,24). The maximum absolute atomic E-state index is 9.70. The lowest BCUT2D eigenvalue weighted by atomic mass is 9.87. The first kappa shape index (κ1) is 15.0. The van der Waals surface area contributed by atoms with Gasteiger partial charge in [0.15, 0.2) is 0 Å². The Balaban J connectivity index is 2.08. The van der Waals surface area contributed by atoms with Gasteiger partial charge in [-0.3, -0.25) is 0 Å². The summed E-state index contributed by atoms with van der Waals surface area (Å²) in [7, 11) is 1.66. The Morgan fingerprint density at radius 2 is 2.08 bits per heavy atom. The van der Waals surface area contributed by atoms with Crippen LogP contribution in [-0.2, 0) is 12.8 Å². The van der Waals surface area contributed by atoms with Crippen molar-refractivity contribution < 1.29 is 4.74 Å². The number of nitriles is 1. The predicted molar refractivity (Wildman–Crippen MR) is 96.8 cm³/mol. The monoisotopic (exact) mass is 335 g/mol. The summed E-state index contributed by atoms with van der Waals surface area (Å²) in [5.74, 6) is 0.803. The van der Waals surface area contributed by atoms with Crippen molar-refractivity contribution >= 4 is 23.1 Å². The van der Waals surface area contributed by atoms with E-state index in [-0.39, 0.29) is 0 Å². The number of hydrogen-bond donors (Lipinski definition) is 2. The molecule has 0 radical (unpaired) electrons. The molecule has 3 aromatic rings. The highest BCUT2D eigenvalue weighted by Crippen LogP contribution is 2.38. The molecular formula is C19H17N3OS. The molecule has 0 bridgehead atoms. The summed E-state index contributed by atoms with van der Waals surface area (Å²) in [4.78, 5) is 6.58. The molecule has 4 rings (SSSR count). The van der Waals surface area contributed by atoms with Crippen LogP contribution in [-0.4, -0.2) is 17.1 Å². The quantitative estimate of drug-likeness (QED) is 0.670. The van der Waals surface area contributed by atoms with E-state index in [1.54, 1.807) is 7.11 Å². The van der Waals surface area contributed by atoms with Gasteiger partial charge in [-0.2, -0.15) is 5.26 Å². The van der Waals surface area contributed by atoms with Gasteiger partial charge < -0.3 is 14.7 Å². The largest absolute Gasteiger partial charge is 0.497 e. The zero-order valence-electron chi connectivity index (χ0n) is 13.4. The van der Waals surface area contributed by atoms with Crippen molar-refractivity contribution in [2.24, 2.45) is 0 Å². The molecule has 120 valence electrons. The Hall–Kier alpha value is -2.58. The predicted octanol–water partition coefficient (Wildman–Crippen LogP) is 4.65. The van der Waals surface area contributed by atoms with Gasteiger partial charge in [0.25, 0.3) is 0 Å². The van der Waals surface area contributed by atoms with Crippen LogP contribution in [0.4, 0.5) is 0 Å². The highest BCUT2D eigenvalue weighted by atomic mass is 32.1. The molecule has 5 heteroatoms. The number of aromatic amines is 2. The second kappa shape index (κ2) is 5.81. The molecule has 0 saturated heterocycles. The number of aromatic nitrogens is 2. The molecule has 0 fully saturated rings. The van der Waals surface area contributed by atoms with Crippen molar-refractivity contribution in [2.75, 3.05) is 7.11 Å². The zero-order chi connectivity index (χ0) is 16.7. The van der Waals surface area contributed by atoms with Crippen LogP contribution in [0.2, 0.25) is 0 Å². The molecule has 0 amide bonds. The van der Waals surface area contributed by atoms with Crippen molar-refractivity contribution in [2.45, 2.75) is 25.7 Å². The molecule has 2 N–H and O–H groups in total. The first-order chi connectivity index (χ1) is 11.7. The molecule has 2 aromatic heterocycles. The molecule has 0 spiro atoms. The van der Waals surface area contributed by atoms with Crippen LogP contribution in [0.25, 0.3) is 22.0 Å². The molecular weight excluding hydrogens is 318 g/mol. The number of nitrogens with zero attached hydrogens (tertiary/aromatic N) is 1. The van der Waals surface area contributed by atoms with Gasteiger partial charge in [-0.15, -0.1) is 0 Å². The van der Waals surface area contributed by atoms with Crippen LogP contribution in [0, 0.1) is 16.0 Å². The highest BCUT2D eigenvalue weighted by Gasteiger charge is 2.22. The Morgan fingerprint density at radius 3 is 2.88 bits per heavy atom. The maximum atomic E-state index is 9.70. The van der Waals surface area contributed by atoms with Gasteiger partial charge >= 0.3 is 0 Å². The molecule has 1 aliphatic carbocycles. The minimum Gasteiger partial charge on any atom is -0.497 e. The van der Waals surface area contributed by atoms with Crippen molar-refractivity contribution in [3.63, 3.8) is 0 Å². The minimum atomic E-state index is 0.533. The summed E-state index contributed by atoms with van der Waals surface area (Å²) in [5.41, 5.74) is 6.01. The van der Waals surface area contributed by atoms with Gasteiger partial charge in [-0.25, -0.2) is 0 Å². The number of aryl methyl sites for hydroxylation is 1. The van der Waals surface area contributed by atoms with Gasteiger partial charge in [-0.1, -0.05) is 12.2 Å². The third-order valence-electron chi connectivity index (χ3n) is 4.78. The minimum absolute atomic E-state index is 0.533. The fourth-order valence-electron chi connectivity index (χ4n) is 3.62. The summed E-state index contributed by atoms with van der Waals surface area (Å²) in [6.07, 6.45) is 6.24.